The monoisotopic (exact) mass is 395 g/mol. The van der Waals surface area contributed by atoms with Gasteiger partial charge >= 0.3 is 5.97 Å². The number of phenolic OH excluding ortho intramolecular Hbond substituents is 1. The van der Waals surface area contributed by atoms with Crippen LogP contribution in [0.3, 0.4) is 0 Å². The number of carboxylic acid groups (broad SMARTS) is 1. The van der Waals surface area contributed by atoms with Gasteiger partial charge in [0.25, 0.3) is 0 Å². The molecule has 0 aliphatic heterocycles. The van der Waals surface area contributed by atoms with Crippen molar-refractivity contribution >= 4 is 5.97 Å². The Morgan fingerprint density at radius 3 is 2.62 bits per heavy atom. The molecular formula is C23H22FNO4. The topological polar surface area (TPSA) is 92.8 Å². The van der Waals surface area contributed by atoms with Crippen molar-refractivity contribution in [2.45, 2.75) is 26.0 Å². The maximum atomic E-state index is 14.8. The molecule has 0 aliphatic carbocycles. The number of carboxylic acids is 1. The molecule has 1 atom stereocenters. The summed E-state index contributed by atoms with van der Waals surface area (Å²) in [5.74, 6) is -0.951. The molecule has 0 aromatic heterocycles. The Hall–Kier alpha value is -3.38. The average Bonchev–Trinajstić information content (AvgIpc) is 2.66. The number of phenols is 1. The van der Waals surface area contributed by atoms with Crippen LogP contribution in [0.4, 0.5) is 4.39 Å². The molecule has 6 heteroatoms. The highest BCUT2D eigenvalue weighted by molar-refractivity contribution is 5.71. The number of halogens is 1. The normalized spacial score (nSPS) is 11.8. The van der Waals surface area contributed by atoms with Gasteiger partial charge in [-0.3, -0.25) is 4.79 Å². The zero-order valence-corrected chi connectivity index (χ0v) is 15.9. The first-order chi connectivity index (χ1) is 13.8. The van der Waals surface area contributed by atoms with Gasteiger partial charge in [-0.05, 0) is 42.3 Å². The zero-order valence-electron chi connectivity index (χ0n) is 15.9. The lowest BCUT2D eigenvalue weighted by Crippen LogP contribution is -2.08. The number of benzene rings is 3. The van der Waals surface area contributed by atoms with Crippen LogP contribution in [0.25, 0.3) is 11.1 Å². The van der Waals surface area contributed by atoms with Crippen molar-refractivity contribution in [1.82, 2.24) is 0 Å². The van der Waals surface area contributed by atoms with E-state index in [9.17, 15) is 14.3 Å². The fourth-order valence-electron chi connectivity index (χ4n) is 3.15. The van der Waals surface area contributed by atoms with E-state index in [2.05, 4.69) is 0 Å². The van der Waals surface area contributed by atoms with Gasteiger partial charge in [0.15, 0.2) is 0 Å². The van der Waals surface area contributed by atoms with Crippen LogP contribution < -0.4 is 10.5 Å². The molecule has 3 aromatic rings. The van der Waals surface area contributed by atoms with Gasteiger partial charge < -0.3 is 20.7 Å². The van der Waals surface area contributed by atoms with Crippen molar-refractivity contribution in [3.63, 3.8) is 0 Å². The number of aromatic hydroxyl groups is 1. The third-order valence-electron chi connectivity index (χ3n) is 4.52. The van der Waals surface area contributed by atoms with Crippen molar-refractivity contribution < 1.29 is 24.1 Å². The Kier molecular flexibility index (Phi) is 6.14. The molecule has 0 amide bonds. The molecule has 0 heterocycles. The Morgan fingerprint density at radius 1 is 1.14 bits per heavy atom. The highest BCUT2D eigenvalue weighted by atomic mass is 19.1. The molecule has 150 valence electrons. The van der Waals surface area contributed by atoms with Crippen LogP contribution in [0.2, 0.25) is 0 Å². The lowest BCUT2D eigenvalue weighted by atomic mass is 9.98. The van der Waals surface area contributed by atoms with Gasteiger partial charge in [0.2, 0.25) is 0 Å². The molecule has 4 N–H and O–H groups in total. The summed E-state index contributed by atoms with van der Waals surface area (Å²) in [7, 11) is 0. The standard InChI is InChI=1S/C23H22FNO4/c1-14(25)19-6-4-7-20(23(19)24)17-9-15(10-18(26)11-17)13-29-21-8-3-2-5-16(21)12-22(27)28/h2-11,14,26H,12-13,25H2,1H3,(H,27,28). The Labute approximate surface area is 168 Å². The van der Waals surface area contributed by atoms with Gasteiger partial charge in [-0.25, -0.2) is 4.39 Å². The summed E-state index contributed by atoms with van der Waals surface area (Å²) in [5, 5.41) is 19.1. The predicted octanol–water partition coefficient (Wildman–Crippen LogP) is 4.42. The molecule has 0 fully saturated rings. The van der Waals surface area contributed by atoms with Crippen LogP contribution >= 0.6 is 0 Å². The summed E-state index contributed by atoms with van der Waals surface area (Å²) in [4.78, 5) is 11.0. The highest BCUT2D eigenvalue weighted by Gasteiger charge is 2.14. The second kappa shape index (κ2) is 8.75. The molecule has 29 heavy (non-hydrogen) atoms. The minimum Gasteiger partial charge on any atom is -0.508 e. The second-order valence-corrected chi connectivity index (χ2v) is 6.85. The number of hydrogen-bond acceptors (Lipinski definition) is 4. The SMILES string of the molecule is CC(N)c1cccc(-c2cc(O)cc(COc3ccccc3CC(=O)O)c2)c1F. The summed E-state index contributed by atoms with van der Waals surface area (Å²) in [6.07, 6.45) is -0.156. The largest absolute Gasteiger partial charge is 0.508 e. The average molecular weight is 395 g/mol. The second-order valence-electron chi connectivity index (χ2n) is 6.85. The van der Waals surface area contributed by atoms with Gasteiger partial charge in [-0.15, -0.1) is 0 Å². The lowest BCUT2D eigenvalue weighted by Gasteiger charge is -2.14. The molecule has 0 saturated heterocycles. The van der Waals surface area contributed by atoms with Gasteiger partial charge in [-0.2, -0.15) is 0 Å². The highest BCUT2D eigenvalue weighted by Crippen LogP contribution is 2.31. The van der Waals surface area contributed by atoms with Crippen molar-refractivity contribution in [3.05, 3.63) is 83.2 Å². The quantitative estimate of drug-likeness (QED) is 0.551. The van der Waals surface area contributed by atoms with Crippen LogP contribution in [0, 0.1) is 5.82 Å². The van der Waals surface area contributed by atoms with Crippen molar-refractivity contribution in [1.29, 1.82) is 0 Å². The summed E-state index contributed by atoms with van der Waals surface area (Å²) < 4.78 is 20.6. The van der Waals surface area contributed by atoms with E-state index in [4.69, 9.17) is 15.6 Å². The molecule has 3 rings (SSSR count). The molecule has 0 radical (unpaired) electrons. The zero-order chi connectivity index (χ0) is 21.0. The molecule has 0 bridgehead atoms. The third kappa shape index (κ3) is 4.92. The first-order valence-corrected chi connectivity index (χ1v) is 9.15. The van der Waals surface area contributed by atoms with Crippen LogP contribution in [0.5, 0.6) is 11.5 Å². The fourth-order valence-corrected chi connectivity index (χ4v) is 3.15. The van der Waals surface area contributed by atoms with E-state index < -0.39 is 17.8 Å². The molecular weight excluding hydrogens is 373 g/mol. The molecule has 0 aliphatic rings. The summed E-state index contributed by atoms with van der Waals surface area (Å²) in [6, 6.07) is 16.1. The molecule has 3 aromatic carbocycles. The van der Waals surface area contributed by atoms with Crippen molar-refractivity contribution in [3.8, 4) is 22.6 Å². The summed E-state index contributed by atoms with van der Waals surface area (Å²) in [5.41, 5.74) is 8.24. The Morgan fingerprint density at radius 2 is 1.90 bits per heavy atom. The van der Waals surface area contributed by atoms with Crippen LogP contribution in [-0.4, -0.2) is 16.2 Å². The minimum absolute atomic E-state index is 0.0227. The number of nitrogens with two attached hydrogens (primary N) is 1. The van der Waals surface area contributed by atoms with Gasteiger partial charge in [0.05, 0.1) is 6.42 Å². The number of ether oxygens (including phenoxy) is 1. The minimum atomic E-state index is -0.954. The first kappa shape index (κ1) is 20.4. The van der Waals surface area contributed by atoms with Crippen molar-refractivity contribution in [2.75, 3.05) is 0 Å². The molecule has 0 spiro atoms. The number of rotatable bonds is 7. The van der Waals surface area contributed by atoms with E-state index in [0.29, 0.717) is 33.6 Å². The number of hydrogen-bond donors (Lipinski definition) is 3. The van der Waals surface area contributed by atoms with E-state index in [1.54, 1.807) is 55.5 Å². The number of carbonyl (C=O) groups is 1. The summed E-state index contributed by atoms with van der Waals surface area (Å²) >= 11 is 0. The van der Waals surface area contributed by atoms with Gasteiger partial charge in [0, 0.05) is 22.7 Å². The third-order valence-corrected chi connectivity index (χ3v) is 4.52. The van der Waals surface area contributed by atoms with Crippen LogP contribution in [0.15, 0.2) is 60.7 Å². The van der Waals surface area contributed by atoms with E-state index in [-0.39, 0.29) is 18.8 Å². The van der Waals surface area contributed by atoms with Gasteiger partial charge in [-0.1, -0.05) is 36.4 Å². The number of para-hydroxylation sites is 1. The van der Waals surface area contributed by atoms with E-state index in [1.807, 2.05) is 0 Å². The first-order valence-electron chi connectivity index (χ1n) is 9.15. The Bertz CT molecular complexity index is 1030. The fraction of sp³-hybridized carbons (Fsp3) is 0.174. The van der Waals surface area contributed by atoms with E-state index >= 15 is 0 Å². The van der Waals surface area contributed by atoms with E-state index in [1.165, 1.54) is 12.1 Å². The molecule has 1 unspecified atom stereocenters. The predicted molar refractivity (Wildman–Crippen MR) is 108 cm³/mol. The number of aliphatic carboxylic acids is 1. The molecule has 5 nitrogen and oxygen atoms in total. The van der Waals surface area contributed by atoms with Crippen molar-refractivity contribution in [2.24, 2.45) is 5.73 Å². The van der Waals surface area contributed by atoms with E-state index in [0.717, 1.165) is 0 Å². The summed E-state index contributed by atoms with van der Waals surface area (Å²) in [6.45, 7) is 1.80. The maximum Gasteiger partial charge on any atom is 0.307 e. The Balaban J connectivity index is 1.88. The van der Waals surface area contributed by atoms with Crippen LogP contribution in [0.1, 0.15) is 29.7 Å². The van der Waals surface area contributed by atoms with Gasteiger partial charge in [0.1, 0.15) is 23.9 Å². The van der Waals surface area contributed by atoms with Crippen LogP contribution in [-0.2, 0) is 17.8 Å². The lowest BCUT2D eigenvalue weighted by molar-refractivity contribution is -0.136. The smallest absolute Gasteiger partial charge is 0.307 e. The molecule has 0 saturated carbocycles. The maximum absolute atomic E-state index is 14.8.